The molecule has 0 N–H and O–H groups in total. The second-order valence-corrected chi connectivity index (χ2v) is 11.2. The van der Waals surface area contributed by atoms with Gasteiger partial charge in [-0.2, -0.15) is 4.31 Å². The van der Waals surface area contributed by atoms with Crippen molar-refractivity contribution < 1.29 is 16.8 Å². The van der Waals surface area contributed by atoms with E-state index in [1.807, 2.05) is 37.3 Å². The molecule has 8 heteroatoms. The van der Waals surface area contributed by atoms with E-state index in [4.69, 9.17) is 0 Å². The number of rotatable bonds is 8. The van der Waals surface area contributed by atoms with Gasteiger partial charge in [0.05, 0.1) is 15.5 Å². The number of pyridine rings is 1. The SMILES string of the molecule is CCS(=O)(=O)c1ccc(S(=O)(=O)N(Cc2cccnc2)Cc2ccccc2C)cc1. The average molecular weight is 445 g/mol. The van der Waals surface area contributed by atoms with Gasteiger partial charge in [0, 0.05) is 25.5 Å². The first kappa shape index (κ1) is 22.1. The number of sulfone groups is 1. The molecule has 0 fully saturated rings. The van der Waals surface area contributed by atoms with Crippen LogP contribution in [0.5, 0.6) is 0 Å². The van der Waals surface area contributed by atoms with Crippen molar-refractivity contribution in [3.05, 3.63) is 89.7 Å². The molecule has 2 aromatic carbocycles. The molecular weight excluding hydrogens is 420 g/mol. The van der Waals surface area contributed by atoms with E-state index in [0.717, 1.165) is 16.7 Å². The lowest BCUT2D eigenvalue weighted by molar-refractivity contribution is 0.400. The second-order valence-electron chi connectivity index (χ2n) is 6.94. The van der Waals surface area contributed by atoms with E-state index in [1.165, 1.54) is 28.6 Å². The Morgan fingerprint density at radius 2 is 1.50 bits per heavy atom. The van der Waals surface area contributed by atoms with Crippen molar-refractivity contribution in [2.75, 3.05) is 5.75 Å². The summed E-state index contributed by atoms with van der Waals surface area (Å²) in [6.07, 6.45) is 3.27. The predicted octanol–water partition coefficient (Wildman–Crippen LogP) is 3.57. The number of sulfonamides is 1. The molecular formula is C22H24N2O4S2. The molecule has 6 nitrogen and oxygen atoms in total. The second kappa shape index (κ2) is 9.07. The van der Waals surface area contributed by atoms with Crippen LogP contribution in [0.4, 0.5) is 0 Å². The molecule has 0 saturated heterocycles. The summed E-state index contributed by atoms with van der Waals surface area (Å²) in [4.78, 5) is 4.24. The number of aryl methyl sites for hydroxylation is 1. The Labute approximate surface area is 178 Å². The van der Waals surface area contributed by atoms with Crippen molar-refractivity contribution in [3.8, 4) is 0 Å². The van der Waals surface area contributed by atoms with Crippen LogP contribution >= 0.6 is 0 Å². The van der Waals surface area contributed by atoms with Gasteiger partial charge in [-0.15, -0.1) is 0 Å². The molecule has 0 radical (unpaired) electrons. The molecule has 3 rings (SSSR count). The molecule has 0 aliphatic heterocycles. The molecule has 158 valence electrons. The maximum Gasteiger partial charge on any atom is 0.243 e. The van der Waals surface area contributed by atoms with Crippen molar-refractivity contribution in [3.63, 3.8) is 0 Å². The zero-order valence-electron chi connectivity index (χ0n) is 16.9. The van der Waals surface area contributed by atoms with Crippen LogP contribution in [0, 0.1) is 6.92 Å². The summed E-state index contributed by atoms with van der Waals surface area (Å²) in [5.41, 5.74) is 2.66. The van der Waals surface area contributed by atoms with E-state index < -0.39 is 19.9 Å². The van der Waals surface area contributed by atoms with Crippen LogP contribution in [-0.2, 0) is 33.0 Å². The fourth-order valence-electron chi connectivity index (χ4n) is 3.03. The van der Waals surface area contributed by atoms with Crippen molar-refractivity contribution in [2.24, 2.45) is 0 Å². The van der Waals surface area contributed by atoms with Crippen LogP contribution in [0.3, 0.4) is 0 Å². The smallest absolute Gasteiger partial charge is 0.243 e. The minimum atomic E-state index is -3.87. The Bertz CT molecular complexity index is 1210. The lowest BCUT2D eigenvalue weighted by Crippen LogP contribution is -2.30. The molecule has 1 heterocycles. The van der Waals surface area contributed by atoms with E-state index in [-0.39, 0.29) is 28.6 Å². The Morgan fingerprint density at radius 1 is 0.833 bits per heavy atom. The fourth-order valence-corrected chi connectivity index (χ4v) is 5.32. The highest BCUT2D eigenvalue weighted by atomic mass is 32.2. The number of benzene rings is 2. The summed E-state index contributed by atoms with van der Waals surface area (Å²) in [5, 5.41) is 0. The molecule has 0 aliphatic rings. The zero-order chi connectivity index (χ0) is 21.8. The van der Waals surface area contributed by atoms with Gasteiger partial charge in [0.25, 0.3) is 0 Å². The molecule has 0 amide bonds. The first-order chi connectivity index (χ1) is 14.2. The maximum absolute atomic E-state index is 13.4. The summed E-state index contributed by atoms with van der Waals surface area (Å²) in [7, 11) is -7.27. The summed E-state index contributed by atoms with van der Waals surface area (Å²) >= 11 is 0. The molecule has 3 aromatic rings. The van der Waals surface area contributed by atoms with E-state index in [2.05, 4.69) is 4.98 Å². The van der Waals surface area contributed by atoms with Crippen molar-refractivity contribution >= 4 is 19.9 Å². The number of nitrogens with zero attached hydrogens (tertiary/aromatic N) is 2. The third-order valence-corrected chi connectivity index (χ3v) is 8.45. The van der Waals surface area contributed by atoms with Crippen LogP contribution in [0.1, 0.15) is 23.6 Å². The van der Waals surface area contributed by atoms with Crippen molar-refractivity contribution in [1.29, 1.82) is 0 Å². The molecule has 0 aliphatic carbocycles. The van der Waals surface area contributed by atoms with E-state index >= 15 is 0 Å². The summed E-state index contributed by atoms with van der Waals surface area (Å²) in [6, 6.07) is 16.6. The van der Waals surface area contributed by atoms with Crippen LogP contribution < -0.4 is 0 Å². The number of hydrogen-bond donors (Lipinski definition) is 0. The minimum Gasteiger partial charge on any atom is -0.264 e. The third-order valence-electron chi connectivity index (χ3n) is 4.89. The first-order valence-corrected chi connectivity index (χ1v) is 12.6. The Balaban J connectivity index is 1.99. The third kappa shape index (κ3) is 4.95. The molecule has 0 atom stereocenters. The Kier molecular flexibility index (Phi) is 6.70. The van der Waals surface area contributed by atoms with Gasteiger partial charge >= 0.3 is 0 Å². The minimum absolute atomic E-state index is 0.0421. The largest absolute Gasteiger partial charge is 0.264 e. The molecule has 0 spiro atoms. The monoisotopic (exact) mass is 444 g/mol. The first-order valence-electron chi connectivity index (χ1n) is 9.50. The molecule has 30 heavy (non-hydrogen) atoms. The van der Waals surface area contributed by atoms with Gasteiger partial charge in [0.15, 0.2) is 9.84 Å². The van der Waals surface area contributed by atoms with Gasteiger partial charge < -0.3 is 0 Å². The normalized spacial score (nSPS) is 12.2. The van der Waals surface area contributed by atoms with Crippen molar-refractivity contribution in [1.82, 2.24) is 9.29 Å². The zero-order valence-corrected chi connectivity index (χ0v) is 18.5. The topological polar surface area (TPSA) is 84.4 Å². The lowest BCUT2D eigenvalue weighted by Gasteiger charge is -2.23. The summed E-state index contributed by atoms with van der Waals surface area (Å²) in [5.74, 6) is -0.0421. The predicted molar refractivity (Wildman–Crippen MR) is 116 cm³/mol. The number of hydrogen-bond acceptors (Lipinski definition) is 5. The molecule has 1 aromatic heterocycles. The van der Waals surface area contributed by atoms with Crippen LogP contribution in [0.2, 0.25) is 0 Å². The average Bonchev–Trinajstić information content (AvgIpc) is 2.75. The highest BCUT2D eigenvalue weighted by molar-refractivity contribution is 7.91. The molecule has 0 bridgehead atoms. The van der Waals surface area contributed by atoms with Crippen LogP contribution in [0.15, 0.2) is 82.8 Å². The Hall–Kier alpha value is -2.55. The molecule has 0 unspecified atom stereocenters. The Morgan fingerprint density at radius 3 is 2.10 bits per heavy atom. The van der Waals surface area contributed by atoms with E-state index in [9.17, 15) is 16.8 Å². The van der Waals surface area contributed by atoms with Gasteiger partial charge in [-0.1, -0.05) is 37.3 Å². The van der Waals surface area contributed by atoms with Gasteiger partial charge in [-0.25, -0.2) is 16.8 Å². The fraction of sp³-hybridized carbons (Fsp3) is 0.227. The van der Waals surface area contributed by atoms with E-state index in [0.29, 0.717) is 0 Å². The lowest BCUT2D eigenvalue weighted by atomic mass is 10.1. The summed E-state index contributed by atoms with van der Waals surface area (Å²) < 4.78 is 52.4. The summed E-state index contributed by atoms with van der Waals surface area (Å²) in [6.45, 7) is 3.84. The van der Waals surface area contributed by atoms with Gasteiger partial charge in [-0.3, -0.25) is 4.98 Å². The highest BCUT2D eigenvalue weighted by Crippen LogP contribution is 2.24. The number of aromatic nitrogens is 1. The van der Waals surface area contributed by atoms with Crippen LogP contribution in [-0.4, -0.2) is 31.9 Å². The maximum atomic E-state index is 13.4. The van der Waals surface area contributed by atoms with Gasteiger partial charge in [0.1, 0.15) is 0 Å². The molecule has 0 saturated carbocycles. The van der Waals surface area contributed by atoms with E-state index in [1.54, 1.807) is 25.4 Å². The van der Waals surface area contributed by atoms with Crippen molar-refractivity contribution in [2.45, 2.75) is 36.7 Å². The van der Waals surface area contributed by atoms with Crippen LogP contribution in [0.25, 0.3) is 0 Å². The standard InChI is InChI=1S/C22H24N2O4S2/c1-3-29(25,26)21-10-12-22(13-11-21)30(27,28)24(16-19-8-6-14-23-15-19)17-20-9-5-4-7-18(20)2/h4-15H,3,16-17H2,1-2H3. The van der Waals surface area contributed by atoms with Gasteiger partial charge in [-0.05, 0) is 53.9 Å². The van der Waals surface area contributed by atoms with Gasteiger partial charge in [0.2, 0.25) is 10.0 Å². The quantitative estimate of drug-likeness (QED) is 0.530. The highest BCUT2D eigenvalue weighted by Gasteiger charge is 2.26.